The lowest BCUT2D eigenvalue weighted by atomic mass is 10.1. The first kappa shape index (κ1) is 12.8. The fraction of sp³-hybridized carbons (Fsp3) is 0.400. The zero-order valence-electron chi connectivity index (χ0n) is 11.4. The third-order valence-electron chi connectivity index (χ3n) is 3.07. The minimum Gasteiger partial charge on any atom is -0.367 e. The Morgan fingerprint density at radius 3 is 2.78 bits per heavy atom. The first-order valence-electron chi connectivity index (χ1n) is 6.42. The van der Waals surface area contributed by atoms with Gasteiger partial charge in [-0.15, -0.1) is 0 Å². The standard InChI is InChI=1S/C15H21N3/c1-12(9-11-18(2)3)17-15-14-7-5-4-6-13(14)8-10-16-15/h4-8,10,12H,9,11H2,1-3H3,(H,16,17). The second-order valence-electron chi connectivity index (χ2n) is 5.02. The van der Waals surface area contributed by atoms with Crippen molar-refractivity contribution in [1.82, 2.24) is 9.88 Å². The van der Waals surface area contributed by atoms with Crippen molar-refractivity contribution in [2.45, 2.75) is 19.4 Å². The maximum Gasteiger partial charge on any atom is 0.134 e. The summed E-state index contributed by atoms with van der Waals surface area (Å²) in [7, 11) is 4.20. The molecule has 0 saturated heterocycles. The number of pyridine rings is 1. The summed E-state index contributed by atoms with van der Waals surface area (Å²) in [6.07, 6.45) is 2.97. The van der Waals surface area contributed by atoms with E-state index in [1.54, 1.807) is 0 Å². The SMILES string of the molecule is CC(CCN(C)C)Nc1nccc2ccccc12. The Morgan fingerprint density at radius 2 is 2.00 bits per heavy atom. The van der Waals surface area contributed by atoms with Gasteiger partial charge in [-0.1, -0.05) is 24.3 Å². The molecule has 18 heavy (non-hydrogen) atoms. The molecule has 0 spiro atoms. The molecule has 0 aliphatic heterocycles. The lowest BCUT2D eigenvalue weighted by molar-refractivity contribution is 0.390. The summed E-state index contributed by atoms with van der Waals surface area (Å²) in [6.45, 7) is 3.28. The normalized spacial score (nSPS) is 12.9. The van der Waals surface area contributed by atoms with E-state index < -0.39 is 0 Å². The minimum atomic E-state index is 0.422. The average molecular weight is 243 g/mol. The number of fused-ring (bicyclic) bond motifs is 1. The van der Waals surface area contributed by atoms with Crippen molar-refractivity contribution in [1.29, 1.82) is 0 Å². The predicted octanol–water partition coefficient (Wildman–Crippen LogP) is 2.99. The summed E-state index contributed by atoms with van der Waals surface area (Å²) in [5.74, 6) is 0.986. The molecule has 1 heterocycles. The highest BCUT2D eigenvalue weighted by molar-refractivity contribution is 5.91. The molecule has 3 heteroatoms. The number of nitrogens with one attached hydrogen (secondary N) is 1. The fourth-order valence-corrected chi connectivity index (χ4v) is 1.99. The molecule has 1 aromatic heterocycles. The van der Waals surface area contributed by atoms with Gasteiger partial charge in [0.2, 0.25) is 0 Å². The van der Waals surface area contributed by atoms with Crippen LogP contribution in [0.1, 0.15) is 13.3 Å². The van der Waals surface area contributed by atoms with Crippen molar-refractivity contribution >= 4 is 16.6 Å². The van der Waals surface area contributed by atoms with Crippen molar-refractivity contribution in [3.8, 4) is 0 Å². The van der Waals surface area contributed by atoms with Gasteiger partial charge in [-0.3, -0.25) is 0 Å². The number of anilines is 1. The Hall–Kier alpha value is -1.61. The summed E-state index contributed by atoms with van der Waals surface area (Å²) in [5, 5.41) is 5.93. The molecule has 0 bridgehead atoms. The Morgan fingerprint density at radius 1 is 1.22 bits per heavy atom. The van der Waals surface area contributed by atoms with Crippen LogP contribution in [0, 0.1) is 0 Å². The molecule has 1 unspecified atom stereocenters. The molecular weight excluding hydrogens is 222 g/mol. The lowest BCUT2D eigenvalue weighted by Gasteiger charge is -2.18. The molecule has 1 N–H and O–H groups in total. The molecule has 0 aliphatic carbocycles. The minimum absolute atomic E-state index is 0.422. The van der Waals surface area contributed by atoms with Crippen molar-refractivity contribution in [3.05, 3.63) is 36.5 Å². The third-order valence-corrected chi connectivity index (χ3v) is 3.07. The summed E-state index contributed by atoms with van der Waals surface area (Å²) < 4.78 is 0. The second-order valence-corrected chi connectivity index (χ2v) is 5.02. The zero-order chi connectivity index (χ0) is 13.0. The maximum absolute atomic E-state index is 4.45. The van der Waals surface area contributed by atoms with E-state index in [-0.39, 0.29) is 0 Å². The summed E-state index contributed by atoms with van der Waals surface area (Å²) >= 11 is 0. The van der Waals surface area contributed by atoms with Crippen LogP contribution in [0.4, 0.5) is 5.82 Å². The molecule has 0 fully saturated rings. The van der Waals surface area contributed by atoms with Gasteiger partial charge < -0.3 is 10.2 Å². The first-order chi connectivity index (χ1) is 8.66. The van der Waals surface area contributed by atoms with Crippen LogP contribution in [0.2, 0.25) is 0 Å². The van der Waals surface area contributed by atoms with Crippen molar-refractivity contribution in [2.24, 2.45) is 0 Å². The number of aromatic nitrogens is 1. The summed E-state index contributed by atoms with van der Waals surface area (Å²) in [4.78, 5) is 6.65. The molecule has 2 aromatic rings. The van der Waals surface area contributed by atoms with Crippen LogP contribution in [0.5, 0.6) is 0 Å². The molecule has 0 amide bonds. The third kappa shape index (κ3) is 3.20. The van der Waals surface area contributed by atoms with E-state index in [2.05, 4.69) is 60.5 Å². The molecule has 2 rings (SSSR count). The van der Waals surface area contributed by atoms with E-state index in [1.807, 2.05) is 12.3 Å². The number of benzene rings is 1. The van der Waals surface area contributed by atoms with Crippen LogP contribution in [0.25, 0.3) is 10.8 Å². The Balaban J connectivity index is 2.11. The van der Waals surface area contributed by atoms with E-state index in [0.717, 1.165) is 18.8 Å². The molecule has 0 radical (unpaired) electrons. The van der Waals surface area contributed by atoms with E-state index in [0.29, 0.717) is 6.04 Å². The molecule has 96 valence electrons. The van der Waals surface area contributed by atoms with E-state index in [4.69, 9.17) is 0 Å². The monoisotopic (exact) mass is 243 g/mol. The number of nitrogens with zero attached hydrogens (tertiary/aromatic N) is 2. The van der Waals surface area contributed by atoms with E-state index >= 15 is 0 Å². The highest BCUT2D eigenvalue weighted by Gasteiger charge is 2.06. The van der Waals surface area contributed by atoms with Crippen LogP contribution in [-0.4, -0.2) is 36.6 Å². The van der Waals surface area contributed by atoms with Crippen LogP contribution in [-0.2, 0) is 0 Å². The lowest BCUT2D eigenvalue weighted by Crippen LogP contribution is -2.23. The smallest absolute Gasteiger partial charge is 0.134 e. The van der Waals surface area contributed by atoms with E-state index in [9.17, 15) is 0 Å². The van der Waals surface area contributed by atoms with Gasteiger partial charge in [-0.25, -0.2) is 4.98 Å². The van der Waals surface area contributed by atoms with Gasteiger partial charge in [0.05, 0.1) is 0 Å². The number of hydrogen-bond donors (Lipinski definition) is 1. The Bertz CT molecular complexity index is 503. The van der Waals surface area contributed by atoms with Crippen molar-refractivity contribution < 1.29 is 0 Å². The highest BCUT2D eigenvalue weighted by Crippen LogP contribution is 2.21. The number of rotatable bonds is 5. The Labute approximate surface area is 109 Å². The fourth-order valence-electron chi connectivity index (χ4n) is 1.99. The maximum atomic E-state index is 4.45. The first-order valence-corrected chi connectivity index (χ1v) is 6.42. The van der Waals surface area contributed by atoms with Crippen LogP contribution >= 0.6 is 0 Å². The molecule has 1 aromatic carbocycles. The largest absolute Gasteiger partial charge is 0.367 e. The zero-order valence-corrected chi connectivity index (χ0v) is 11.4. The quantitative estimate of drug-likeness (QED) is 0.875. The van der Waals surface area contributed by atoms with Gasteiger partial charge >= 0.3 is 0 Å². The molecule has 3 nitrogen and oxygen atoms in total. The predicted molar refractivity (Wildman–Crippen MR) is 78.0 cm³/mol. The molecular formula is C15H21N3. The Kier molecular flexibility index (Phi) is 4.15. The van der Waals surface area contributed by atoms with Gasteiger partial charge in [-0.2, -0.15) is 0 Å². The van der Waals surface area contributed by atoms with Crippen molar-refractivity contribution in [3.63, 3.8) is 0 Å². The van der Waals surface area contributed by atoms with Crippen LogP contribution in [0.3, 0.4) is 0 Å². The second kappa shape index (κ2) is 5.83. The number of hydrogen-bond acceptors (Lipinski definition) is 3. The van der Waals surface area contributed by atoms with Gasteiger partial charge in [0.1, 0.15) is 5.82 Å². The van der Waals surface area contributed by atoms with Gasteiger partial charge in [0, 0.05) is 17.6 Å². The average Bonchev–Trinajstić information content (AvgIpc) is 2.37. The van der Waals surface area contributed by atoms with Crippen LogP contribution < -0.4 is 5.32 Å². The topological polar surface area (TPSA) is 28.2 Å². The van der Waals surface area contributed by atoms with Gasteiger partial charge in [0.15, 0.2) is 0 Å². The van der Waals surface area contributed by atoms with Crippen molar-refractivity contribution in [2.75, 3.05) is 26.0 Å². The van der Waals surface area contributed by atoms with Gasteiger partial charge in [0.25, 0.3) is 0 Å². The summed E-state index contributed by atoms with van der Waals surface area (Å²) in [5.41, 5.74) is 0. The molecule has 0 aliphatic rings. The summed E-state index contributed by atoms with van der Waals surface area (Å²) in [6, 6.07) is 10.8. The van der Waals surface area contributed by atoms with E-state index in [1.165, 1.54) is 10.8 Å². The molecule has 1 atom stereocenters. The van der Waals surface area contributed by atoms with Gasteiger partial charge in [-0.05, 0) is 45.4 Å². The molecule has 0 saturated carbocycles. The van der Waals surface area contributed by atoms with Crippen LogP contribution in [0.15, 0.2) is 36.5 Å². The highest BCUT2D eigenvalue weighted by atomic mass is 15.1.